The van der Waals surface area contributed by atoms with Crippen molar-refractivity contribution in [2.45, 2.75) is 63.9 Å². The van der Waals surface area contributed by atoms with Crippen molar-refractivity contribution in [2.24, 2.45) is 5.92 Å². The zero-order valence-corrected chi connectivity index (χ0v) is 25.7. The molecule has 1 unspecified atom stereocenters. The van der Waals surface area contributed by atoms with Crippen LogP contribution in [-0.4, -0.2) is 56.8 Å². The van der Waals surface area contributed by atoms with E-state index in [0.717, 1.165) is 80.6 Å². The first-order chi connectivity index (χ1) is 21.9. The van der Waals surface area contributed by atoms with Gasteiger partial charge in [-0.05, 0) is 91.8 Å². The summed E-state index contributed by atoms with van der Waals surface area (Å²) in [5, 5.41) is 13.8. The van der Waals surface area contributed by atoms with Crippen LogP contribution in [-0.2, 0) is 17.6 Å². The average Bonchev–Trinajstić information content (AvgIpc) is 3.70. The van der Waals surface area contributed by atoms with E-state index in [9.17, 15) is 14.7 Å². The summed E-state index contributed by atoms with van der Waals surface area (Å²) in [4.78, 5) is 31.1. The van der Waals surface area contributed by atoms with E-state index < -0.39 is 5.97 Å². The normalized spacial score (nSPS) is 18.1. The summed E-state index contributed by atoms with van der Waals surface area (Å²) >= 11 is 0. The Morgan fingerprint density at radius 3 is 2.53 bits per heavy atom. The second-order valence-corrected chi connectivity index (χ2v) is 12.3. The van der Waals surface area contributed by atoms with Gasteiger partial charge in [-0.15, -0.1) is 0 Å². The number of amides is 1. The lowest BCUT2D eigenvalue weighted by Gasteiger charge is -2.33. The third-order valence-electron chi connectivity index (χ3n) is 9.52. The van der Waals surface area contributed by atoms with Gasteiger partial charge in [0.2, 0.25) is 11.8 Å². The number of piperidine rings is 1. The molecule has 1 atom stereocenters. The summed E-state index contributed by atoms with van der Waals surface area (Å²) in [5.74, 6) is 1.47. The van der Waals surface area contributed by atoms with Crippen LogP contribution in [0.3, 0.4) is 0 Å². The number of fused-ring (bicyclic) bond motifs is 1. The van der Waals surface area contributed by atoms with Crippen LogP contribution in [0.4, 0.5) is 0 Å². The van der Waals surface area contributed by atoms with Gasteiger partial charge < -0.3 is 19.5 Å². The molecule has 1 N–H and O–H groups in total. The Morgan fingerprint density at radius 2 is 1.80 bits per heavy atom. The fourth-order valence-corrected chi connectivity index (χ4v) is 7.04. The number of methoxy groups -OCH3 is 1. The Labute approximate surface area is 262 Å². The summed E-state index contributed by atoms with van der Waals surface area (Å²) < 4.78 is 13.5. The minimum Gasteiger partial charge on any atom is -0.486 e. The predicted molar refractivity (Wildman–Crippen MR) is 169 cm³/mol. The smallest absolute Gasteiger partial charge is 0.342 e. The number of hydrogen-bond acceptors (Lipinski definition) is 6. The molecule has 3 aliphatic rings. The predicted octanol–water partition coefficient (Wildman–Crippen LogP) is 6.39. The maximum absolute atomic E-state index is 12.5. The number of carboxylic acids is 1. The van der Waals surface area contributed by atoms with E-state index in [1.165, 1.54) is 34.7 Å². The number of carbonyl (C=O) groups excluding carboxylic acids is 1. The van der Waals surface area contributed by atoms with E-state index in [4.69, 9.17) is 14.5 Å². The quantitative estimate of drug-likeness (QED) is 0.235. The lowest BCUT2D eigenvalue weighted by Crippen LogP contribution is -2.38. The van der Waals surface area contributed by atoms with Crippen molar-refractivity contribution in [1.29, 1.82) is 0 Å². The summed E-state index contributed by atoms with van der Waals surface area (Å²) in [6.45, 7) is 3.91. The number of benzene rings is 2. The van der Waals surface area contributed by atoms with Gasteiger partial charge in [0.05, 0.1) is 19.0 Å². The maximum atomic E-state index is 12.5. The van der Waals surface area contributed by atoms with Crippen molar-refractivity contribution in [3.8, 4) is 28.7 Å². The molecule has 45 heavy (non-hydrogen) atoms. The summed E-state index contributed by atoms with van der Waals surface area (Å²) in [6.07, 6.45) is 8.02. The van der Waals surface area contributed by atoms with Crippen molar-refractivity contribution >= 4 is 11.9 Å². The van der Waals surface area contributed by atoms with Crippen molar-refractivity contribution in [3.05, 3.63) is 88.6 Å². The van der Waals surface area contributed by atoms with Crippen molar-refractivity contribution in [2.75, 3.05) is 20.2 Å². The summed E-state index contributed by atoms with van der Waals surface area (Å²) in [6, 6.07) is 18.5. The third-order valence-corrected chi connectivity index (χ3v) is 9.52. The maximum Gasteiger partial charge on any atom is 0.342 e. The molecule has 1 saturated carbocycles. The highest BCUT2D eigenvalue weighted by Crippen LogP contribution is 2.42. The van der Waals surface area contributed by atoms with Crippen LogP contribution in [0.5, 0.6) is 11.6 Å². The molecule has 1 aliphatic heterocycles. The number of pyridine rings is 1. The number of ether oxygens (including phenoxy) is 2. The molecule has 4 aromatic rings. The molecule has 3 heterocycles. The van der Waals surface area contributed by atoms with Crippen molar-refractivity contribution in [1.82, 2.24) is 19.7 Å². The molecule has 1 saturated heterocycles. The highest BCUT2D eigenvalue weighted by molar-refractivity contribution is 5.90. The lowest BCUT2D eigenvalue weighted by atomic mass is 9.85. The number of aromatic nitrogens is 3. The number of rotatable bonds is 9. The van der Waals surface area contributed by atoms with E-state index in [1.54, 1.807) is 6.07 Å². The highest BCUT2D eigenvalue weighted by Gasteiger charge is 2.35. The summed E-state index contributed by atoms with van der Waals surface area (Å²) in [7, 11) is 1.42. The van der Waals surface area contributed by atoms with Gasteiger partial charge in [-0.25, -0.2) is 9.78 Å². The first-order valence-electron chi connectivity index (χ1n) is 16.0. The van der Waals surface area contributed by atoms with Gasteiger partial charge in [-0.2, -0.15) is 9.78 Å². The molecule has 2 fully saturated rings. The topological polar surface area (TPSA) is 107 Å². The zero-order valence-electron chi connectivity index (χ0n) is 25.7. The largest absolute Gasteiger partial charge is 0.486 e. The van der Waals surface area contributed by atoms with Crippen molar-refractivity contribution < 1.29 is 24.2 Å². The van der Waals surface area contributed by atoms with Gasteiger partial charge in [0.15, 0.2) is 5.82 Å². The van der Waals surface area contributed by atoms with Gasteiger partial charge in [0, 0.05) is 30.1 Å². The van der Waals surface area contributed by atoms with Gasteiger partial charge in [-0.3, -0.25) is 4.79 Å². The van der Waals surface area contributed by atoms with Crippen LogP contribution in [0.1, 0.15) is 83.7 Å². The minimum atomic E-state index is -1.11. The number of carbonyl (C=O) groups is 2. The van der Waals surface area contributed by atoms with Gasteiger partial charge in [0.1, 0.15) is 17.4 Å². The van der Waals surface area contributed by atoms with Crippen LogP contribution in [0.15, 0.2) is 60.8 Å². The Morgan fingerprint density at radius 1 is 1.00 bits per heavy atom. The number of aromatic carboxylic acids is 1. The van der Waals surface area contributed by atoms with E-state index >= 15 is 0 Å². The fourth-order valence-electron chi connectivity index (χ4n) is 7.04. The standard InChI is InChI=1S/C36H38N4O5/c1-3-22-20-26(13-14-27(22)23-16-18-39(19-17-23)34(41)25-10-11-25)45-31-15-12-24-6-4-7-28(33(24)31)30-8-5-9-32(38-30)40-35(44-2)29(21-37-40)36(42)43/h4-9,13-14,20-21,23,25,31H,3,10-12,15-19H2,1-2H3,(H,42,43). The molecule has 9 heteroatoms. The zero-order chi connectivity index (χ0) is 31.1. The Balaban J connectivity index is 1.12. The van der Waals surface area contributed by atoms with E-state index in [2.05, 4.69) is 53.3 Å². The molecule has 0 spiro atoms. The molecule has 0 radical (unpaired) electrons. The van der Waals surface area contributed by atoms with Gasteiger partial charge in [0.25, 0.3) is 0 Å². The number of nitrogens with zero attached hydrogens (tertiary/aromatic N) is 4. The van der Waals surface area contributed by atoms with E-state index in [0.29, 0.717) is 17.6 Å². The Kier molecular flexibility index (Phi) is 7.77. The van der Waals surface area contributed by atoms with Crippen LogP contribution in [0.2, 0.25) is 0 Å². The lowest BCUT2D eigenvalue weighted by molar-refractivity contribution is -0.133. The van der Waals surface area contributed by atoms with Crippen LogP contribution >= 0.6 is 0 Å². The molecule has 2 aromatic carbocycles. The molecule has 9 nitrogen and oxygen atoms in total. The molecular formula is C36H38N4O5. The summed E-state index contributed by atoms with van der Waals surface area (Å²) in [5.41, 5.74) is 6.80. The molecule has 232 valence electrons. The monoisotopic (exact) mass is 606 g/mol. The molecule has 1 amide bonds. The second kappa shape index (κ2) is 12.0. The highest BCUT2D eigenvalue weighted by atomic mass is 16.5. The molecule has 2 aromatic heterocycles. The first kappa shape index (κ1) is 29.1. The van der Waals surface area contributed by atoms with E-state index in [1.807, 2.05) is 12.1 Å². The minimum absolute atomic E-state index is 0.0228. The molecule has 0 bridgehead atoms. The van der Waals surface area contributed by atoms with Crippen LogP contribution < -0.4 is 9.47 Å². The molecular weight excluding hydrogens is 568 g/mol. The van der Waals surface area contributed by atoms with Crippen LogP contribution in [0.25, 0.3) is 17.1 Å². The fraction of sp³-hybridized carbons (Fsp3) is 0.389. The van der Waals surface area contributed by atoms with E-state index in [-0.39, 0.29) is 23.5 Å². The Hall–Kier alpha value is -4.66. The Bertz CT molecular complexity index is 1750. The molecule has 7 rings (SSSR count). The second-order valence-electron chi connectivity index (χ2n) is 12.3. The molecule has 2 aliphatic carbocycles. The number of hydrogen-bond donors (Lipinski definition) is 1. The number of aryl methyl sites for hydroxylation is 2. The van der Waals surface area contributed by atoms with Gasteiger partial charge >= 0.3 is 5.97 Å². The van der Waals surface area contributed by atoms with Crippen molar-refractivity contribution in [3.63, 3.8) is 0 Å². The average molecular weight is 607 g/mol. The van der Waals surface area contributed by atoms with Crippen LogP contribution in [0, 0.1) is 5.92 Å². The number of likely N-dealkylation sites (tertiary alicyclic amines) is 1. The SMILES string of the molecule is CCc1cc(OC2CCc3cccc(-c4cccc(-n5ncc(C(=O)O)c5OC)n4)c32)ccc1C1CCN(C(=O)C2CC2)CC1. The van der Waals surface area contributed by atoms with Gasteiger partial charge in [-0.1, -0.05) is 37.3 Å². The third kappa shape index (κ3) is 5.56. The number of carboxylic acid groups (broad SMARTS) is 1. The first-order valence-corrected chi connectivity index (χ1v) is 16.0.